The van der Waals surface area contributed by atoms with E-state index < -0.39 is 17.5 Å². The van der Waals surface area contributed by atoms with Crippen molar-refractivity contribution in [1.82, 2.24) is 4.90 Å². The van der Waals surface area contributed by atoms with Gasteiger partial charge in [0.25, 0.3) is 5.78 Å². The SMILES string of the molecule is N#C/C(=C\N1CCOCC1)C(=O)C(F)(F)F. The summed E-state index contributed by atoms with van der Waals surface area (Å²) in [6.45, 7) is 1.48. The zero-order valence-electron chi connectivity index (χ0n) is 8.25. The van der Waals surface area contributed by atoms with E-state index in [0.717, 1.165) is 6.20 Å². The van der Waals surface area contributed by atoms with Crippen molar-refractivity contribution < 1.29 is 22.7 Å². The van der Waals surface area contributed by atoms with Gasteiger partial charge in [0.1, 0.15) is 11.6 Å². The third-order valence-electron chi connectivity index (χ3n) is 1.98. The van der Waals surface area contributed by atoms with Crippen LogP contribution in [0.15, 0.2) is 11.8 Å². The van der Waals surface area contributed by atoms with Gasteiger partial charge in [0, 0.05) is 19.3 Å². The molecule has 0 unspecified atom stereocenters. The highest BCUT2D eigenvalue weighted by Crippen LogP contribution is 2.20. The second kappa shape index (κ2) is 4.99. The molecule has 0 radical (unpaired) electrons. The van der Waals surface area contributed by atoms with Crippen LogP contribution in [-0.2, 0) is 9.53 Å². The van der Waals surface area contributed by atoms with Gasteiger partial charge in [0.15, 0.2) is 0 Å². The van der Waals surface area contributed by atoms with Gasteiger partial charge in [-0.2, -0.15) is 18.4 Å². The summed E-state index contributed by atoms with van der Waals surface area (Å²) >= 11 is 0. The number of nitrogens with zero attached hydrogens (tertiary/aromatic N) is 2. The average Bonchev–Trinajstić information content (AvgIpc) is 2.25. The Morgan fingerprint density at radius 2 is 1.94 bits per heavy atom. The quantitative estimate of drug-likeness (QED) is 0.525. The lowest BCUT2D eigenvalue weighted by atomic mass is 10.2. The zero-order valence-corrected chi connectivity index (χ0v) is 8.25. The molecule has 16 heavy (non-hydrogen) atoms. The van der Waals surface area contributed by atoms with E-state index in [9.17, 15) is 18.0 Å². The summed E-state index contributed by atoms with van der Waals surface area (Å²) in [5.41, 5.74) is -0.894. The van der Waals surface area contributed by atoms with Gasteiger partial charge in [0.2, 0.25) is 0 Å². The number of carbonyl (C=O) groups is 1. The maximum atomic E-state index is 12.1. The van der Waals surface area contributed by atoms with Gasteiger partial charge < -0.3 is 9.64 Å². The highest BCUT2D eigenvalue weighted by molar-refractivity contribution is 6.02. The Morgan fingerprint density at radius 1 is 1.38 bits per heavy atom. The lowest BCUT2D eigenvalue weighted by molar-refractivity contribution is -0.166. The van der Waals surface area contributed by atoms with E-state index in [0.29, 0.717) is 26.3 Å². The molecule has 0 aliphatic carbocycles. The van der Waals surface area contributed by atoms with Crippen molar-refractivity contribution in [1.29, 1.82) is 5.26 Å². The largest absolute Gasteiger partial charge is 0.455 e. The fourth-order valence-corrected chi connectivity index (χ4v) is 1.18. The summed E-state index contributed by atoms with van der Waals surface area (Å²) < 4.78 is 41.1. The molecule has 7 heteroatoms. The normalized spacial score (nSPS) is 18.1. The molecule has 1 heterocycles. The standard InChI is InChI=1S/C9H9F3N2O2/c10-9(11,12)8(15)7(5-13)6-14-1-3-16-4-2-14/h6H,1-4H2/b7-6+. The maximum Gasteiger partial charge on any atom is 0.455 e. The number of alkyl halides is 3. The molecule has 0 bridgehead atoms. The van der Waals surface area contributed by atoms with E-state index in [2.05, 4.69) is 0 Å². The maximum absolute atomic E-state index is 12.1. The van der Waals surface area contributed by atoms with Crippen LogP contribution in [0.5, 0.6) is 0 Å². The van der Waals surface area contributed by atoms with Crippen LogP contribution >= 0.6 is 0 Å². The number of ether oxygens (including phenoxy) is 1. The highest BCUT2D eigenvalue weighted by Gasteiger charge is 2.41. The van der Waals surface area contributed by atoms with Crippen molar-refractivity contribution in [3.05, 3.63) is 11.8 Å². The number of hydrogen-bond acceptors (Lipinski definition) is 4. The number of morpholine rings is 1. The van der Waals surface area contributed by atoms with Crippen molar-refractivity contribution in [2.75, 3.05) is 26.3 Å². The van der Waals surface area contributed by atoms with Crippen molar-refractivity contribution in [2.24, 2.45) is 0 Å². The van der Waals surface area contributed by atoms with Crippen molar-refractivity contribution in [3.63, 3.8) is 0 Å². The van der Waals surface area contributed by atoms with Crippen molar-refractivity contribution in [3.8, 4) is 6.07 Å². The Morgan fingerprint density at radius 3 is 2.38 bits per heavy atom. The molecule has 1 saturated heterocycles. The second-order valence-corrected chi connectivity index (χ2v) is 3.13. The summed E-state index contributed by atoms with van der Waals surface area (Å²) in [6.07, 6.45) is -4.06. The first-order valence-corrected chi connectivity index (χ1v) is 4.50. The minimum absolute atomic E-state index is 0.370. The minimum Gasteiger partial charge on any atom is -0.378 e. The highest BCUT2D eigenvalue weighted by atomic mass is 19.4. The van der Waals surface area contributed by atoms with Crippen LogP contribution in [-0.4, -0.2) is 43.2 Å². The van der Waals surface area contributed by atoms with E-state index in [4.69, 9.17) is 10.00 Å². The van der Waals surface area contributed by atoms with Crippen LogP contribution in [0.25, 0.3) is 0 Å². The third-order valence-corrected chi connectivity index (χ3v) is 1.98. The molecule has 1 fully saturated rings. The van der Waals surface area contributed by atoms with E-state index in [-0.39, 0.29) is 0 Å². The van der Waals surface area contributed by atoms with Crippen LogP contribution in [0.1, 0.15) is 0 Å². The fraction of sp³-hybridized carbons (Fsp3) is 0.556. The van der Waals surface area contributed by atoms with Crippen LogP contribution in [0.3, 0.4) is 0 Å². The van der Waals surface area contributed by atoms with Crippen molar-refractivity contribution >= 4 is 5.78 Å². The van der Waals surface area contributed by atoms with Gasteiger partial charge in [0.05, 0.1) is 13.2 Å². The number of ketones is 1. The van der Waals surface area contributed by atoms with Crippen LogP contribution in [0.2, 0.25) is 0 Å². The molecule has 1 rings (SSSR count). The second-order valence-electron chi connectivity index (χ2n) is 3.13. The molecule has 0 amide bonds. The van der Waals surface area contributed by atoms with E-state index >= 15 is 0 Å². The minimum atomic E-state index is -5.01. The summed E-state index contributed by atoms with van der Waals surface area (Å²) in [4.78, 5) is 12.3. The fourth-order valence-electron chi connectivity index (χ4n) is 1.18. The van der Waals surface area contributed by atoms with Crippen LogP contribution in [0, 0.1) is 11.3 Å². The molecule has 0 aromatic rings. The Labute approximate surface area is 89.9 Å². The summed E-state index contributed by atoms with van der Waals surface area (Å²) in [7, 11) is 0. The average molecular weight is 234 g/mol. The Balaban J connectivity index is 2.77. The molecule has 0 aromatic heterocycles. The lowest BCUT2D eigenvalue weighted by Gasteiger charge is -2.25. The predicted octanol–water partition coefficient (Wildman–Crippen LogP) is 0.857. The van der Waals surface area contributed by atoms with Gasteiger partial charge >= 0.3 is 6.18 Å². The Hall–Kier alpha value is -1.55. The smallest absolute Gasteiger partial charge is 0.378 e. The summed E-state index contributed by atoms with van der Waals surface area (Å²) in [5.74, 6) is -2.11. The first kappa shape index (κ1) is 12.5. The van der Waals surface area contributed by atoms with Gasteiger partial charge in [-0.3, -0.25) is 4.79 Å². The lowest BCUT2D eigenvalue weighted by Crippen LogP contribution is -2.34. The number of rotatable bonds is 2. The summed E-state index contributed by atoms with van der Waals surface area (Å²) in [6, 6.07) is 1.26. The molecule has 0 N–H and O–H groups in total. The number of carbonyl (C=O) groups excluding carboxylic acids is 1. The number of Topliss-reactive ketones (excluding diaryl/α,β-unsaturated/α-hetero) is 1. The number of hydrogen-bond donors (Lipinski definition) is 0. The van der Waals surface area contributed by atoms with Gasteiger partial charge in [-0.1, -0.05) is 0 Å². The molecule has 4 nitrogen and oxygen atoms in total. The molecular formula is C9H9F3N2O2. The molecular weight excluding hydrogens is 225 g/mol. The number of nitriles is 1. The molecule has 0 atom stereocenters. The van der Waals surface area contributed by atoms with E-state index in [1.807, 2.05) is 0 Å². The molecule has 1 aliphatic rings. The first-order chi connectivity index (χ1) is 7.45. The third kappa shape index (κ3) is 3.24. The zero-order chi connectivity index (χ0) is 12.2. The van der Waals surface area contributed by atoms with Gasteiger partial charge in [-0.15, -0.1) is 0 Å². The molecule has 1 aliphatic heterocycles. The monoisotopic (exact) mass is 234 g/mol. The molecule has 0 aromatic carbocycles. The van der Waals surface area contributed by atoms with Crippen LogP contribution in [0.4, 0.5) is 13.2 Å². The van der Waals surface area contributed by atoms with E-state index in [1.165, 1.54) is 11.0 Å². The number of halogens is 3. The Bertz CT molecular complexity index is 338. The molecule has 0 spiro atoms. The Kier molecular flexibility index (Phi) is 3.90. The topological polar surface area (TPSA) is 53.3 Å². The molecule has 0 saturated carbocycles. The van der Waals surface area contributed by atoms with Crippen molar-refractivity contribution in [2.45, 2.75) is 6.18 Å². The predicted molar refractivity (Wildman–Crippen MR) is 47.2 cm³/mol. The van der Waals surface area contributed by atoms with Crippen LogP contribution < -0.4 is 0 Å². The van der Waals surface area contributed by atoms with E-state index in [1.54, 1.807) is 0 Å². The van der Waals surface area contributed by atoms with Gasteiger partial charge in [-0.05, 0) is 0 Å². The first-order valence-electron chi connectivity index (χ1n) is 4.50. The summed E-state index contributed by atoms with van der Waals surface area (Å²) in [5, 5.41) is 8.49. The number of allylic oxidation sites excluding steroid dienone is 1. The molecule has 88 valence electrons. The van der Waals surface area contributed by atoms with Gasteiger partial charge in [-0.25, -0.2) is 0 Å².